The summed E-state index contributed by atoms with van der Waals surface area (Å²) in [7, 11) is 9.16. The van der Waals surface area contributed by atoms with Gasteiger partial charge in [0.05, 0.1) is 264 Å². The number of rotatable bonds is 89. The monoisotopic (exact) mass is 1930 g/mol. The van der Waals surface area contributed by atoms with Gasteiger partial charge < -0.3 is 141 Å². The van der Waals surface area contributed by atoms with Crippen molar-refractivity contribution in [1.29, 1.82) is 0 Å². The normalized spacial score (nSPS) is 12.8. The van der Waals surface area contributed by atoms with Gasteiger partial charge in [-0.3, -0.25) is 24.2 Å². The van der Waals surface area contributed by atoms with Crippen molar-refractivity contribution in [1.82, 2.24) is 25.8 Å². The van der Waals surface area contributed by atoms with Crippen LogP contribution in [0.2, 0.25) is 0 Å². The molecule has 36 nitrogen and oxygen atoms in total. The molecule has 0 saturated carbocycles. The molecule has 0 heterocycles. The Morgan fingerprint density at radius 2 is 0.526 bits per heavy atom. The summed E-state index contributed by atoms with van der Waals surface area (Å²) in [6.07, 6.45) is 16.3. The van der Waals surface area contributed by atoms with E-state index in [1.807, 2.05) is 33.1 Å². The summed E-state index contributed by atoms with van der Waals surface area (Å²) in [5.74, 6) is -2.53. The third-order valence-electron chi connectivity index (χ3n) is 18.8. The average Bonchev–Trinajstić information content (AvgIpc) is 0.913. The molecule has 0 aliphatic rings. The van der Waals surface area contributed by atoms with Crippen LogP contribution in [0.25, 0.3) is 0 Å². The average molecular weight is 1930 g/mol. The fourth-order valence-corrected chi connectivity index (χ4v) is 11.3. The molecule has 0 aromatic heterocycles. The van der Waals surface area contributed by atoms with E-state index in [-0.39, 0.29) is 49.8 Å². The lowest BCUT2D eigenvalue weighted by molar-refractivity contribution is -0.143. The number of aliphatic carboxylic acids is 3. The first-order chi connectivity index (χ1) is 63.2. The number of carboxylic acids is 3. The Bertz CT molecular complexity index is 2470. The number of hydrogen-bond acceptors (Lipinski definition) is 31. The lowest BCUT2D eigenvalue weighted by Crippen LogP contribution is -2.44. The molecule has 798 valence electrons. The van der Waals surface area contributed by atoms with Crippen LogP contribution < -0.4 is 16.0 Å². The lowest BCUT2D eigenvalue weighted by Gasteiger charge is -2.24. The van der Waals surface area contributed by atoms with Gasteiger partial charge >= 0.3 is 24.0 Å². The second-order valence-corrected chi connectivity index (χ2v) is 38.2. The van der Waals surface area contributed by atoms with Crippen LogP contribution in [0.3, 0.4) is 0 Å². The van der Waals surface area contributed by atoms with Gasteiger partial charge in [0.15, 0.2) is 0 Å². The van der Waals surface area contributed by atoms with Crippen LogP contribution in [0.5, 0.6) is 0 Å². The van der Waals surface area contributed by atoms with E-state index in [1.165, 1.54) is 6.42 Å². The van der Waals surface area contributed by atoms with E-state index in [4.69, 9.17) is 120 Å². The van der Waals surface area contributed by atoms with Crippen molar-refractivity contribution in [3.8, 4) is 0 Å². The number of aliphatic hydroxyl groups is 2. The van der Waals surface area contributed by atoms with Gasteiger partial charge in [-0.15, -0.1) is 0 Å². The Balaban J connectivity index is -0.000000539. The number of unbranched alkanes of at least 4 members (excludes halogenated alkanes) is 4. The topological polar surface area (TPSA) is 423 Å². The second-order valence-electron chi connectivity index (χ2n) is 38.2. The Labute approximate surface area is 804 Å². The van der Waals surface area contributed by atoms with Crippen LogP contribution in [-0.2, 0) is 119 Å². The molecule has 0 saturated heterocycles. The number of amides is 2. The summed E-state index contributed by atoms with van der Waals surface area (Å²) >= 11 is 0. The molecule has 2 amide bonds. The summed E-state index contributed by atoms with van der Waals surface area (Å²) in [4.78, 5) is 61.1. The zero-order valence-corrected chi connectivity index (χ0v) is 87.4. The van der Waals surface area contributed by atoms with E-state index in [1.54, 1.807) is 12.0 Å². The first kappa shape index (κ1) is 138. The summed E-state index contributed by atoms with van der Waals surface area (Å²) in [5, 5.41) is 52.7. The van der Waals surface area contributed by atoms with Crippen molar-refractivity contribution in [3.05, 3.63) is 0 Å². The highest BCUT2D eigenvalue weighted by molar-refractivity contribution is 5.81. The minimum atomic E-state index is -1.07. The quantitative estimate of drug-likeness (QED) is 0.0262. The van der Waals surface area contributed by atoms with Gasteiger partial charge in [0, 0.05) is 33.4 Å². The van der Waals surface area contributed by atoms with Gasteiger partial charge in [-0.2, -0.15) is 0 Å². The second kappa shape index (κ2) is 98.3. The van der Waals surface area contributed by atoms with Gasteiger partial charge in [0.25, 0.3) is 0 Å². The molecule has 0 aromatic rings. The van der Waals surface area contributed by atoms with Gasteiger partial charge in [0.1, 0.15) is 24.7 Å². The standard InChI is InChI=1S/C29H60O11.C26H51NO11.C16H34N2O3.C14H29NO4.C12H25NO2/c1-5-7-30-9-11-32-13-15-34-17-19-36-21-23-38-25-27-40-28-26-39-24-22-37-20-18-35-16-14-33-12-10-31-8-6-29(2,3)4;1-26(2,3)8-6-5-7-23(24(28)29)27-25(30)38-22-21-37-20-19-36-18-17-35-16-15-34-14-13-33-12-11-32-10-9-31-4;1-16(2,3)9-7-6-8-14(18(4)5)15(20)17-10-12-21-13-11-19;1-14(2,3)7-5-4-6-12(13(17)18)15-8-10-19-11-9-16;1-12(2,3)9-7-6-8-10(11(14)15)13(4)5/h5-28H2,1-4H3;23H,5-22H2,1-4H3,(H,27,30)(H,28,29);14,19H,6-13H2,1-5H3,(H,17,20);12,15-16H,4-11H2,1-3H3,(H,17,18);10H,6-9H2,1-5H3,(H,14,15). The zero-order valence-electron chi connectivity index (χ0n) is 87.4. The van der Waals surface area contributed by atoms with Gasteiger partial charge in [-0.05, 0) is 119 Å². The number of nitrogens with zero attached hydrogens (tertiary/aromatic N) is 2. The van der Waals surface area contributed by atoms with Crippen molar-refractivity contribution in [2.45, 2.75) is 251 Å². The van der Waals surface area contributed by atoms with Crippen LogP contribution in [0.4, 0.5) is 4.79 Å². The molecule has 4 atom stereocenters. The number of hydrogen-bond donors (Lipinski definition) is 8. The number of aliphatic hydroxyl groups excluding tert-OH is 2. The molecule has 0 fully saturated rings. The molecular weight excluding hydrogens is 1730 g/mol. The van der Waals surface area contributed by atoms with Crippen molar-refractivity contribution in [3.63, 3.8) is 0 Å². The smallest absolute Gasteiger partial charge is 0.407 e. The minimum absolute atomic E-state index is 0.00480. The maximum absolute atomic E-state index is 12.2. The van der Waals surface area contributed by atoms with E-state index in [0.29, 0.717) is 285 Å². The Kier molecular flexibility index (Phi) is 102. The first-order valence-corrected chi connectivity index (χ1v) is 48.8. The van der Waals surface area contributed by atoms with E-state index >= 15 is 0 Å². The van der Waals surface area contributed by atoms with E-state index < -0.39 is 36.1 Å². The largest absolute Gasteiger partial charge is 0.480 e. The maximum Gasteiger partial charge on any atom is 0.407 e. The first-order valence-electron chi connectivity index (χ1n) is 48.8. The fraction of sp³-hybridized carbons (Fsp3) is 0.948. The molecule has 133 heavy (non-hydrogen) atoms. The van der Waals surface area contributed by atoms with Crippen molar-refractivity contribution in [2.24, 2.45) is 27.1 Å². The summed E-state index contributed by atoms with van der Waals surface area (Å²) in [6, 6.07) is -1.87. The number of carboxylic acid groups (broad SMARTS) is 3. The molecule has 0 aromatic carbocycles. The highest BCUT2D eigenvalue weighted by atomic mass is 16.6. The number of carbonyl (C=O) groups is 5. The lowest BCUT2D eigenvalue weighted by atomic mass is 9.89. The highest BCUT2D eigenvalue weighted by Crippen LogP contribution is 2.26. The SMILES string of the molecule is CC(C)(C)CCCCC(NCCOCCO)C(=O)O.CCCOCCOCCOCCOCCOCCOCCOCCOCCOCCOCCOCCC(C)(C)C.CN(C)C(CCCCC(C)(C)C)C(=O)NCCOCCO.CN(C)C(CCCCC(C)(C)C)C(=O)O.COCCOCCOCCOCCOCCOCCOCCOC(=O)NC(CCCCC(C)(C)C)C(=O)O. The molecule has 0 radical (unpaired) electrons. The van der Waals surface area contributed by atoms with Crippen LogP contribution in [0.15, 0.2) is 0 Å². The van der Waals surface area contributed by atoms with Crippen molar-refractivity contribution in [2.75, 3.05) is 326 Å². The van der Waals surface area contributed by atoms with Crippen molar-refractivity contribution >= 4 is 29.9 Å². The molecule has 36 heteroatoms. The Morgan fingerprint density at radius 1 is 0.278 bits per heavy atom. The van der Waals surface area contributed by atoms with Crippen molar-refractivity contribution < 1.29 is 149 Å². The van der Waals surface area contributed by atoms with Crippen LogP contribution >= 0.6 is 0 Å². The maximum atomic E-state index is 12.2. The van der Waals surface area contributed by atoms with Gasteiger partial charge in [-0.1, -0.05) is 162 Å². The molecule has 4 unspecified atom stereocenters. The molecular formula is C97H199N5O31. The number of likely N-dealkylation sites (N-methyl/N-ethyl adjacent to an activating group) is 2. The van der Waals surface area contributed by atoms with Gasteiger partial charge in [0.2, 0.25) is 5.91 Å². The molecule has 0 aliphatic carbocycles. The minimum Gasteiger partial charge on any atom is -0.480 e. The summed E-state index contributed by atoms with van der Waals surface area (Å²) < 4.78 is 112. The van der Waals surface area contributed by atoms with Crippen LogP contribution in [-0.4, -0.2) is 415 Å². The fourth-order valence-electron chi connectivity index (χ4n) is 11.3. The molecule has 0 aliphatic heterocycles. The molecule has 0 bridgehead atoms. The summed E-state index contributed by atoms with van der Waals surface area (Å²) in [5.41, 5.74) is 1.54. The van der Waals surface area contributed by atoms with Crippen LogP contribution in [0, 0.1) is 27.1 Å². The number of carbonyl (C=O) groups excluding carboxylic acids is 2. The highest BCUT2D eigenvalue weighted by Gasteiger charge is 2.25. The van der Waals surface area contributed by atoms with Gasteiger partial charge in [-0.25, -0.2) is 9.59 Å². The number of methoxy groups -OCH3 is 1. The van der Waals surface area contributed by atoms with E-state index in [9.17, 15) is 29.1 Å². The predicted octanol–water partition coefficient (Wildman–Crippen LogP) is 11.4. The summed E-state index contributed by atoms with van der Waals surface area (Å²) in [6.45, 7) is 56.2. The third kappa shape index (κ3) is 120. The zero-order chi connectivity index (χ0) is 101. The number of nitrogens with one attached hydrogen (secondary N) is 3. The molecule has 0 spiro atoms. The van der Waals surface area contributed by atoms with Crippen LogP contribution in [0.1, 0.15) is 226 Å². The Morgan fingerprint density at radius 3 is 0.789 bits per heavy atom. The predicted molar refractivity (Wildman–Crippen MR) is 519 cm³/mol. The van der Waals surface area contributed by atoms with E-state index in [0.717, 1.165) is 110 Å². The number of alkyl carbamates (subject to hydrolysis) is 1. The van der Waals surface area contributed by atoms with E-state index in [2.05, 4.69) is 127 Å². The molecule has 8 N–H and O–H groups in total. The Hall–Kier alpha value is -3.85. The number of ether oxygens (including phenoxy) is 21. The molecule has 0 rings (SSSR count). The third-order valence-corrected chi connectivity index (χ3v) is 18.8.